The van der Waals surface area contributed by atoms with E-state index in [0.717, 1.165) is 12.8 Å². The number of nitrogens with zero attached hydrogens (tertiary/aromatic N) is 1. The van der Waals surface area contributed by atoms with Crippen molar-refractivity contribution in [1.82, 2.24) is 4.90 Å². The molecule has 0 bridgehead atoms. The number of ketones is 1. The molecule has 5 heteroatoms. The topological polar surface area (TPSA) is 66.6 Å². The molecule has 0 aromatic heterocycles. The molecule has 2 aliphatic rings. The van der Waals surface area contributed by atoms with Gasteiger partial charge in [-0.25, -0.2) is 4.79 Å². The molecule has 0 aromatic rings. The lowest BCUT2D eigenvalue weighted by Crippen LogP contribution is -2.32. The van der Waals surface area contributed by atoms with Crippen molar-refractivity contribution in [3.63, 3.8) is 0 Å². The van der Waals surface area contributed by atoms with E-state index >= 15 is 0 Å². The van der Waals surface area contributed by atoms with E-state index in [0.29, 0.717) is 5.92 Å². The first kappa shape index (κ1) is 20.2. The Bertz CT molecular complexity index is 497. The largest absolute Gasteiger partial charge is 0.444 e. The van der Waals surface area contributed by atoms with Crippen LogP contribution in [-0.2, 0) is 9.53 Å². The molecule has 2 rings (SSSR count). The van der Waals surface area contributed by atoms with Crippen molar-refractivity contribution >= 4 is 11.9 Å². The van der Waals surface area contributed by atoms with Gasteiger partial charge >= 0.3 is 6.09 Å². The molecule has 5 nitrogen and oxygen atoms in total. The molecule has 0 aromatic carbocycles. The lowest BCUT2D eigenvalue weighted by atomic mass is 9.83. The fourth-order valence-electron chi connectivity index (χ4n) is 3.84. The minimum Gasteiger partial charge on any atom is -0.444 e. The molecule has 0 unspecified atom stereocenters. The predicted molar refractivity (Wildman–Crippen MR) is 97.3 cm³/mol. The van der Waals surface area contributed by atoms with Crippen LogP contribution in [0.1, 0.15) is 80.1 Å². The Morgan fingerprint density at radius 3 is 2.12 bits per heavy atom. The van der Waals surface area contributed by atoms with Gasteiger partial charge in [-0.3, -0.25) is 9.69 Å². The minimum atomic E-state index is -0.814. The number of Topliss-reactive ketones (excluding diaryl/α,β-unsaturated/α-hetero) is 1. The van der Waals surface area contributed by atoms with E-state index in [9.17, 15) is 14.7 Å². The number of amides is 1. The van der Waals surface area contributed by atoms with Gasteiger partial charge in [0.05, 0.1) is 18.2 Å². The van der Waals surface area contributed by atoms with Crippen LogP contribution in [0.5, 0.6) is 0 Å². The number of ether oxygens (including phenoxy) is 1. The second-order valence-corrected chi connectivity index (χ2v) is 9.71. The van der Waals surface area contributed by atoms with E-state index in [2.05, 4.69) is 0 Å². The van der Waals surface area contributed by atoms with Gasteiger partial charge in [0.25, 0.3) is 0 Å². The summed E-state index contributed by atoms with van der Waals surface area (Å²) in [5.74, 6) is 0.434. The van der Waals surface area contributed by atoms with Gasteiger partial charge in [-0.15, -0.1) is 0 Å². The molecule has 144 valence electrons. The fraction of sp³-hybridized carbons (Fsp3) is 0.900. The Balaban J connectivity index is 2.08. The van der Waals surface area contributed by atoms with E-state index in [-0.39, 0.29) is 30.4 Å². The maximum atomic E-state index is 12.6. The normalized spacial score (nSPS) is 26.3. The van der Waals surface area contributed by atoms with Gasteiger partial charge in [-0.1, -0.05) is 40.0 Å². The van der Waals surface area contributed by atoms with Crippen molar-refractivity contribution in [2.75, 3.05) is 0 Å². The monoisotopic (exact) mass is 353 g/mol. The zero-order valence-electron chi connectivity index (χ0n) is 16.7. The molecule has 1 amide bonds. The van der Waals surface area contributed by atoms with Gasteiger partial charge in [0.1, 0.15) is 11.4 Å². The minimum absolute atomic E-state index is 0.0120. The fourth-order valence-corrected chi connectivity index (χ4v) is 3.84. The summed E-state index contributed by atoms with van der Waals surface area (Å²) < 4.78 is 5.53. The molecule has 3 atom stereocenters. The highest BCUT2D eigenvalue weighted by atomic mass is 16.6. The standard InChI is InChI=1S/C20H35NO4/c1-19(2,3)15(23)12-14(22)17-16(13-10-8-7-9-11-13)21(17)18(24)25-20(4,5)6/h13-14,16-17,22H,7-12H2,1-6H3/t14-,16-,17-,21?/m1/s1. The Morgan fingerprint density at radius 2 is 1.64 bits per heavy atom. The Kier molecular flexibility index (Phi) is 5.87. The highest BCUT2D eigenvalue weighted by molar-refractivity contribution is 5.84. The summed E-state index contributed by atoms with van der Waals surface area (Å²) in [7, 11) is 0. The van der Waals surface area contributed by atoms with Gasteiger partial charge in [0, 0.05) is 11.8 Å². The van der Waals surface area contributed by atoms with Crippen LogP contribution in [0.15, 0.2) is 0 Å². The maximum Gasteiger partial charge on any atom is 0.411 e. The lowest BCUT2D eigenvalue weighted by molar-refractivity contribution is -0.128. The Labute approximate surface area is 152 Å². The van der Waals surface area contributed by atoms with Crippen molar-refractivity contribution in [3.05, 3.63) is 0 Å². The Morgan fingerprint density at radius 1 is 1.08 bits per heavy atom. The number of hydrogen-bond donors (Lipinski definition) is 1. The number of carbonyl (C=O) groups is 2. The van der Waals surface area contributed by atoms with Gasteiger partial charge in [-0.2, -0.15) is 0 Å². The van der Waals surface area contributed by atoms with Crippen LogP contribution in [0.3, 0.4) is 0 Å². The second kappa shape index (κ2) is 7.26. The highest BCUT2D eigenvalue weighted by Crippen LogP contribution is 2.44. The molecular weight excluding hydrogens is 318 g/mol. The van der Waals surface area contributed by atoms with E-state index in [1.165, 1.54) is 19.3 Å². The number of hydrogen-bond acceptors (Lipinski definition) is 4. The van der Waals surface area contributed by atoms with Gasteiger partial charge in [0.2, 0.25) is 0 Å². The summed E-state index contributed by atoms with van der Waals surface area (Å²) in [4.78, 5) is 26.6. The van der Waals surface area contributed by atoms with E-state index in [1.807, 2.05) is 41.5 Å². The van der Waals surface area contributed by atoms with Crippen LogP contribution >= 0.6 is 0 Å². The quantitative estimate of drug-likeness (QED) is 0.778. The zero-order valence-corrected chi connectivity index (χ0v) is 16.7. The summed E-state index contributed by atoms with van der Waals surface area (Å²) in [6, 6.07) is -0.276. The van der Waals surface area contributed by atoms with Crippen LogP contribution in [0.25, 0.3) is 0 Å². The number of rotatable bonds is 4. The smallest absolute Gasteiger partial charge is 0.411 e. The SMILES string of the molecule is CC(C)(C)OC(=O)N1[C@H]([C@H](O)CC(=O)C(C)(C)C)[C@H]1C1CCCCC1. The first-order valence-corrected chi connectivity index (χ1v) is 9.64. The van der Waals surface area contributed by atoms with Crippen LogP contribution < -0.4 is 0 Å². The van der Waals surface area contributed by atoms with Crippen molar-refractivity contribution in [2.45, 2.75) is 104 Å². The summed E-state index contributed by atoms with van der Waals surface area (Å²) in [5, 5.41) is 10.7. The summed E-state index contributed by atoms with van der Waals surface area (Å²) in [6.45, 7) is 11.1. The maximum absolute atomic E-state index is 12.6. The predicted octanol–water partition coefficient (Wildman–Crippen LogP) is 3.92. The summed E-state index contributed by atoms with van der Waals surface area (Å²) in [5.41, 5.74) is -1.04. The van der Waals surface area contributed by atoms with Crippen LogP contribution in [0.2, 0.25) is 0 Å². The Hall–Kier alpha value is -1.10. The third kappa shape index (κ3) is 5.19. The second-order valence-electron chi connectivity index (χ2n) is 9.71. The molecule has 0 radical (unpaired) electrons. The third-order valence-electron chi connectivity index (χ3n) is 5.26. The number of carbonyl (C=O) groups excluding carboxylic acids is 2. The molecule has 0 spiro atoms. The number of aliphatic hydroxyl groups is 1. The molecule has 1 saturated carbocycles. The lowest BCUT2D eigenvalue weighted by Gasteiger charge is -2.23. The first-order chi connectivity index (χ1) is 11.4. The molecule has 2 fully saturated rings. The molecule has 1 N–H and O–H groups in total. The molecular formula is C20H35NO4. The van der Waals surface area contributed by atoms with Gasteiger partial charge in [-0.05, 0) is 39.5 Å². The van der Waals surface area contributed by atoms with Gasteiger partial charge in [0.15, 0.2) is 0 Å². The molecule has 1 saturated heterocycles. The zero-order chi connectivity index (χ0) is 19.0. The van der Waals surface area contributed by atoms with Crippen LogP contribution in [0, 0.1) is 11.3 Å². The van der Waals surface area contributed by atoms with E-state index < -0.39 is 17.1 Å². The van der Waals surface area contributed by atoms with E-state index in [4.69, 9.17) is 4.74 Å². The van der Waals surface area contributed by atoms with Gasteiger partial charge < -0.3 is 9.84 Å². The molecule has 25 heavy (non-hydrogen) atoms. The molecule has 1 aliphatic carbocycles. The summed E-state index contributed by atoms with van der Waals surface area (Å²) >= 11 is 0. The van der Waals surface area contributed by atoms with Crippen LogP contribution in [0.4, 0.5) is 4.79 Å². The summed E-state index contributed by atoms with van der Waals surface area (Å²) in [6.07, 6.45) is 4.67. The van der Waals surface area contributed by atoms with E-state index in [1.54, 1.807) is 4.90 Å². The van der Waals surface area contributed by atoms with Crippen molar-refractivity contribution < 1.29 is 19.4 Å². The average Bonchev–Trinajstić information content (AvgIpc) is 3.21. The van der Waals surface area contributed by atoms with Crippen molar-refractivity contribution in [2.24, 2.45) is 11.3 Å². The van der Waals surface area contributed by atoms with Crippen LogP contribution in [-0.4, -0.2) is 45.7 Å². The number of aliphatic hydroxyl groups excluding tert-OH is 1. The molecule has 1 heterocycles. The molecule has 1 aliphatic heterocycles. The average molecular weight is 354 g/mol. The van der Waals surface area contributed by atoms with Crippen molar-refractivity contribution in [1.29, 1.82) is 0 Å². The third-order valence-corrected chi connectivity index (χ3v) is 5.26. The highest BCUT2D eigenvalue weighted by Gasteiger charge is 2.59. The first-order valence-electron chi connectivity index (χ1n) is 9.64. The van der Waals surface area contributed by atoms with Crippen molar-refractivity contribution in [3.8, 4) is 0 Å².